The molecule has 1 fully saturated rings. The minimum Gasteiger partial charge on any atom is -0.345 e. The Hall–Kier alpha value is -3.20. The van der Waals surface area contributed by atoms with Crippen LogP contribution in [0.3, 0.4) is 0 Å². The van der Waals surface area contributed by atoms with E-state index in [0.717, 1.165) is 18.4 Å². The van der Waals surface area contributed by atoms with Crippen LogP contribution in [0.25, 0.3) is 0 Å². The Morgan fingerprint density at radius 3 is 2.35 bits per heavy atom. The molecule has 7 nitrogen and oxygen atoms in total. The minimum atomic E-state index is -3.64. The van der Waals surface area contributed by atoms with E-state index in [-0.39, 0.29) is 23.3 Å². The molecule has 176 valence electrons. The van der Waals surface area contributed by atoms with Crippen molar-refractivity contribution in [2.75, 3.05) is 5.32 Å². The fraction of sp³-hybridized carbons (Fsp3) is 0.200. The zero-order valence-electron chi connectivity index (χ0n) is 18.2. The van der Waals surface area contributed by atoms with Gasteiger partial charge in [0, 0.05) is 11.7 Å². The third-order valence-electron chi connectivity index (χ3n) is 5.34. The summed E-state index contributed by atoms with van der Waals surface area (Å²) in [5, 5.41) is 5.93. The molecule has 1 unspecified atom stereocenters. The first-order valence-corrected chi connectivity index (χ1v) is 12.7. The van der Waals surface area contributed by atoms with E-state index in [1.165, 1.54) is 12.1 Å². The minimum absolute atomic E-state index is 0.0170. The van der Waals surface area contributed by atoms with Crippen molar-refractivity contribution >= 4 is 39.1 Å². The third kappa shape index (κ3) is 6.22. The number of rotatable bonds is 9. The van der Waals surface area contributed by atoms with Gasteiger partial charge in [-0.1, -0.05) is 60.1 Å². The Bertz CT molecular complexity index is 1290. The monoisotopic (exact) mass is 497 g/mol. The summed E-state index contributed by atoms with van der Waals surface area (Å²) in [7, 11) is -3.64. The molecule has 3 N–H and O–H groups in total. The Labute approximate surface area is 203 Å². The molecule has 0 heterocycles. The van der Waals surface area contributed by atoms with Crippen LogP contribution in [0, 0.1) is 0 Å². The summed E-state index contributed by atoms with van der Waals surface area (Å²) >= 11 is 6.15. The summed E-state index contributed by atoms with van der Waals surface area (Å²) in [5.41, 5.74) is 1.42. The number of sulfonamides is 1. The summed E-state index contributed by atoms with van der Waals surface area (Å²) in [5.74, 6) is -0.774. The Morgan fingerprint density at radius 1 is 0.941 bits per heavy atom. The second kappa shape index (κ2) is 10.4. The smallest absolute Gasteiger partial charge is 0.253 e. The van der Waals surface area contributed by atoms with Crippen molar-refractivity contribution in [1.29, 1.82) is 0 Å². The summed E-state index contributed by atoms with van der Waals surface area (Å²) in [6.07, 6.45) is 1.60. The standard InChI is InChI=1S/C25H24ClN3O4S/c26-22-12-5-4-11-21(22)25(31)28-23(17-7-2-1-3-8-17)16-24(30)27-19-9-6-10-20(15-19)34(32,33)29-18-13-14-18/h1-12,15,18,23,29H,13-14,16H2,(H,27,30)(H,28,31). The van der Waals surface area contributed by atoms with Crippen molar-refractivity contribution in [3.63, 3.8) is 0 Å². The first-order valence-electron chi connectivity index (χ1n) is 10.8. The Kier molecular flexibility index (Phi) is 7.31. The highest BCUT2D eigenvalue weighted by molar-refractivity contribution is 7.89. The Morgan fingerprint density at radius 2 is 1.65 bits per heavy atom. The Balaban J connectivity index is 1.48. The summed E-state index contributed by atoms with van der Waals surface area (Å²) in [6, 6.07) is 21.3. The van der Waals surface area contributed by atoms with Gasteiger partial charge in [-0.05, 0) is 48.7 Å². The second-order valence-corrected chi connectivity index (χ2v) is 10.2. The molecule has 3 aromatic carbocycles. The van der Waals surface area contributed by atoms with Crippen LogP contribution in [0.2, 0.25) is 5.02 Å². The number of benzene rings is 3. The number of carbonyl (C=O) groups excluding carboxylic acids is 2. The number of anilines is 1. The van der Waals surface area contributed by atoms with Gasteiger partial charge in [-0.15, -0.1) is 0 Å². The lowest BCUT2D eigenvalue weighted by molar-refractivity contribution is -0.116. The van der Waals surface area contributed by atoms with Crippen LogP contribution >= 0.6 is 11.6 Å². The lowest BCUT2D eigenvalue weighted by Gasteiger charge is -2.19. The molecule has 1 aliphatic rings. The molecule has 0 aromatic heterocycles. The highest BCUT2D eigenvalue weighted by Gasteiger charge is 2.28. The van der Waals surface area contributed by atoms with Gasteiger partial charge in [0.1, 0.15) is 0 Å². The van der Waals surface area contributed by atoms with E-state index in [9.17, 15) is 18.0 Å². The maximum absolute atomic E-state index is 12.9. The van der Waals surface area contributed by atoms with Gasteiger partial charge < -0.3 is 10.6 Å². The zero-order valence-corrected chi connectivity index (χ0v) is 19.8. The van der Waals surface area contributed by atoms with Gasteiger partial charge in [0.25, 0.3) is 5.91 Å². The number of amides is 2. The van der Waals surface area contributed by atoms with Crippen LogP contribution in [-0.2, 0) is 14.8 Å². The average molecular weight is 498 g/mol. The number of hydrogen-bond acceptors (Lipinski definition) is 4. The predicted octanol–water partition coefficient (Wildman–Crippen LogP) is 4.28. The van der Waals surface area contributed by atoms with Crippen molar-refractivity contribution in [1.82, 2.24) is 10.0 Å². The van der Waals surface area contributed by atoms with Crippen molar-refractivity contribution < 1.29 is 18.0 Å². The lowest BCUT2D eigenvalue weighted by atomic mass is 10.0. The van der Waals surface area contributed by atoms with Crippen LogP contribution < -0.4 is 15.4 Å². The van der Waals surface area contributed by atoms with E-state index in [1.54, 1.807) is 36.4 Å². The highest BCUT2D eigenvalue weighted by Crippen LogP contribution is 2.24. The zero-order chi connectivity index (χ0) is 24.1. The summed E-state index contributed by atoms with van der Waals surface area (Å²) < 4.78 is 27.6. The average Bonchev–Trinajstić information content (AvgIpc) is 3.63. The molecule has 2 amide bonds. The molecule has 1 aliphatic carbocycles. The van der Waals surface area contributed by atoms with Gasteiger partial charge in [-0.2, -0.15) is 0 Å². The number of nitrogens with one attached hydrogen (secondary N) is 3. The molecular weight excluding hydrogens is 474 g/mol. The first kappa shape index (κ1) is 23.9. The molecule has 34 heavy (non-hydrogen) atoms. The van der Waals surface area contributed by atoms with Gasteiger partial charge in [-0.25, -0.2) is 13.1 Å². The third-order valence-corrected chi connectivity index (χ3v) is 7.19. The van der Waals surface area contributed by atoms with E-state index in [4.69, 9.17) is 11.6 Å². The quantitative estimate of drug-likeness (QED) is 0.410. The van der Waals surface area contributed by atoms with Gasteiger partial charge in [0.15, 0.2) is 0 Å². The largest absolute Gasteiger partial charge is 0.345 e. The fourth-order valence-corrected chi connectivity index (χ4v) is 5.02. The number of hydrogen-bond donors (Lipinski definition) is 3. The first-order chi connectivity index (χ1) is 16.3. The van der Waals surface area contributed by atoms with Crippen molar-refractivity contribution in [2.45, 2.75) is 36.2 Å². The fourth-order valence-electron chi connectivity index (χ4n) is 3.45. The van der Waals surface area contributed by atoms with Crippen molar-refractivity contribution in [3.05, 3.63) is 95.0 Å². The van der Waals surface area contributed by atoms with Gasteiger partial charge in [0.2, 0.25) is 15.9 Å². The van der Waals surface area contributed by atoms with Gasteiger partial charge >= 0.3 is 0 Å². The molecule has 1 atom stereocenters. The van der Waals surface area contributed by atoms with Crippen molar-refractivity contribution in [2.24, 2.45) is 0 Å². The molecule has 0 bridgehead atoms. The predicted molar refractivity (Wildman–Crippen MR) is 131 cm³/mol. The second-order valence-electron chi connectivity index (χ2n) is 8.09. The highest BCUT2D eigenvalue weighted by atomic mass is 35.5. The van der Waals surface area contributed by atoms with Crippen LogP contribution in [-0.4, -0.2) is 26.3 Å². The summed E-state index contributed by atoms with van der Waals surface area (Å²) in [6.45, 7) is 0. The van der Waals surface area contributed by atoms with E-state index in [0.29, 0.717) is 16.3 Å². The molecular formula is C25H24ClN3O4S. The lowest BCUT2D eigenvalue weighted by Crippen LogP contribution is -2.31. The molecule has 0 saturated heterocycles. The van der Waals surface area contributed by atoms with Gasteiger partial charge in [-0.3, -0.25) is 9.59 Å². The number of carbonyl (C=O) groups is 2. The maximum atomic E-state index is 12.9. The summed E-state index contributed by atoms with van der Waals surface area (Å²) in [4.78, 5) is 25.8. The van der Waals surface area contributed by atoms with E-state index in [1.807, 2.05) is 30.3 Å². The van der Waals surface area contributed by atoms with Crippen LogP contribution in [0.4, 0.5) is 5.69 Å². The van der Waals surface area contributed by atoms with E-state index >= 15 is 0 Å². The molecule has 1 saturated carbocycles. The molecule has 4 rings (SSSR count). The van der Waals surface area contributed by atoms with E-state index in [2.05, 4.69) is 15.4 Å². The van der Waals surface area contributed by atoms with Gasteiger partial charge in [0.05, 0.1) is 27.9 Å². The number of halogens is 1. The molecule has 3 aromatic rings. The molecule has 0 spiro atoms. The van der Waals surface area contributed by atoms with Crippen LogP contribution in [0.15, 0.2) is 83.8 Å². The topological polar surface area (TPSA) is 104 Å². The molecule has 0 aliphatic heterocycles. The van der Waals surface area contributed by atoms with Crippen LogP contribution in [0.1, 0.15) is 41.2 Å². The molecule has 9 heteroatoms. The van der Waals surface area contributed by atoms with Crippen LogP contribution in [0.5, 0.6) is 0 Å². The maximum Gasteiger partial charge on any atom is 0.253 e. The molecule has 0 radical (unpaired) electrons. The van der Waals surface area contributed by atoms with Crippen molar-refractivity contribution in [3.8, 4) is 0 Å². The normalized spacial score (nSPS) is 14.3. The van der Waals surface area contributed by atoms with E-state index < -0.39 is 22.0 Å². The SMILES string of the molecule is O=C(CC(NC(=O)c1ccccc1Cl)c1ccccc1)Nc1cccc(S(=O)(=O)NC2CC2)c1.